The van der Waals surface area contributed by atoms with Crippen LogP contribution in [0.5, 0.6) is 0 Å². The lowest BCUT2D eigenvalue weighted by Crippen LogP contribution is -2.08. The molecule has 2 aromatic carbocycles. The molecule has 0 unspecified atom stereocenters. The average molecular weight is 351 g/mol. The maximum atomic E-state index is 14.5. The number of esters is 1. The summed E-state index contributed by atoms with van der Waals surface area (Å²) in [4.78, 5) is 15.7. The lowest BCUT2D eigenvalue weighted by Gasteiger charge is -2.04. The Hall–Kier alpha value is -3.28. The van der Waals surface area contributed by atoms with Gasteiger partial charge in [0, 0.05) is 23.4 Å². The summed E-state index contributed by atoms with van der Waals surface area (Å²) in [7, 11) is 0. The number of halogens is 1. The van der Waals surface area contributed by atoms with E-state index >= 15 is 0 Å². The van der Waals surface area contributed by atoms with Crippen molar-refractivity contribution in [3.8, 4) is 22.5 Å². The zero-order chi connectivity index (χ0) is 18.5. The number of aromatic nitrogens is 3. The molecule has 0 aliphatic heterocycles. The quantitative estimate of drug-likeness (QED) is 0.511. The van der Waals surface area contributed by atoms with Gasteiger partial charge in [-0.1, -0.05) is 42.5 Å². The number of benzene rings is 2. The highest BCUT2D eigenvalue weighted by molar-refractivity contribution is 5.85. The molecule has 1 heterocycles. The van der Waals surface area contributed by atoms with Gasteiger partial charge in [0.15, 0.2) is 5.82 Å². The third-order valence-electron chi connectivity index (χ3n) is 3.54. The van der Waals surface area contributed by atoms with E-state index in [1.165, 1.54) is 29.4 Å². The fourth-order valence-corrected chi connectivity index (χ4v) is 2.39. The monoisotopic (exact) mass is 351 g/mol. The molecule has 0 saturated heterocycles. The van der Waals surface area contributed by atoms with Gasteiger partial charge < -0.3 is 4.74 Å². The first-order chi connectivity index (χ1) is 12.5. The zero-order valence-electron chi connectivity index (χ0n) is 14.5. The van der Waals surface area contributed by atoms with E-state index in [0.29, 0.717) is 17.0 Å². The van der Waals surface area contributed by atoms with E-state index in [4.69, 9.17) is 4.74 Å². The molecule has 5 nitrogen and oxygen atoms in total. The Bertz CT molecular complexity index is 933. The van der Waals surface area contributed by atoms with Crippen molar-refractivity contribution in [2.75, 3.05) is 0 Å². The van der Waals surface area contributed by atoms with Gasteiger partial charge in [-0.3, -0.25) is 0 Å². The van der Waals surface area contributed by atoms with Crippen LogP contribution in [0.15, 0.2) is 60.9 Å². The van der Waals surface area contributed by atoms with Gasteiger partial charge in [-0.25, -0.2) is 18.9 Å². The van der Waals surface area contributed by atoms with Crippen LogP contribution in [0.4, 0.5) is 4.39 Å². The Kier molecular flexibility index (Phi) is 5.22. The zero-order valence-corrected chi connectivity index (χ0v) is 14.5. The van der Waals surface area contributed by atoms with Gasteiger partial charge >= 0.3 is 5.97 Å². The molecule has 0 radical (unpaired) electrons. The summed E-state index contributed by atoms with van der Waals surface area (Å²) in [6.07, 6.45) is 3.95. The summed E-state index contributed by atoms with van der Waals surface area (Å²) in [6.45, 7) is 3.54. The highest BCUT2D eigenvalue weighted by Crippen LogP contribution is 2.26. The van der Waals surface area contributed by atoms with E-state index in [1.54, 1.807) is 26.0 Å². The lowest BCUT2D eigenvalue weighted by molar-refractivity contribution is -0.141. The summed E-state index contributed by atoms with van der Waals surface area (Å²) in [5.74, 6) is -0.443. The van der Waals surface area contributed by atoms with Crippen LogP contribution in [0.2, 0.25) is 0 Å². The Morgan fingerprint density at radius 1 is 1.15 bits per heavy atom. The molecule has 1 aromatic heterocycles. The predicted molar refractivity (Wildman–Crippen MR) is 97.4 cm³/mol. The average Bonchev–Trinajstić information content (AvgIpc) is 3.09. The van der Waals surface area contributed by atoms with Gasteiger partial charge in [0.1, 0.15) is 12.1 Å². The van der Waals surface area contributed by atoms with Crippen molar-refractivity contribution in [3.05, 3.63) is 66.8 Å². The molecule has 3 rings (SSSR count). The molecule has 132 valence electrons. The van der Waals surface area contributed by atoms with Gasteiger partial charge in [0.25, 0.3) is 0 Å². The van der Waals surface area contributed by atoms with Crippen LogP contribution in [-0.4, -0.2) is 26.8 Å². The summed E-state index contributed by atoms with van der Waals surface area (Å²) < 4.78 is 20.8. The standard InChI is InChI=1S/C20H18FN3O2/c1-14(2)26-19(25)10-11-24-13-22-20(23-24)16-8-9-17(18(21)12-16)15-6-4-3-5-7-15/h3-14H,1-2H3/b11-10+. The van der Waals surface area contributed by atoms with Gasteiger partial charge in [-0.15, -0.1) is 5.10 Å². The van der Waals surface area contributed by atoms with Crippen LogP contribution in [0.3, 0.4) is 0 Å². The Labute approximate surface area is 150 Å². The maximum Gasteiger partial charge on any atom is 0.332 e. The Morgan fingerprint density at radius 3 is 2.62 bits per heavy atom. The second-order valence-electron chi connectivity index (χ2n) is 5.91. The first-order valence-electron chi connectivity index (χ1n) is 8.18. The third-order valence-corrected chi connectivity index (χ3v) is 3.54. The second-order valence-corrected chi connectivity index (χ2v) is 5.91. The fourth-order valence-electron chi connectivity index (χ4n) is 2.39. The van der Waals surface area contributed by atoms with Crippen LogP contribution >= 0.6 is 0 Å². The maximum absolute atomic E-state index is 14.5. The van der Waals surface area contributed by atoms with E-state index in [0.717, 1.165) is 5.56 Å². The predicted octanol–water partition coefficient (Wildman–Crippen LogP) is 4.17. The minimum absolute atomic E-state index is 0.190. The molecule has 0 bridgehead atoms. The van der Waals surface area contributed by atoms with Gasteiger partial charge in [-0.05, 0) is 25.5 Å². The third kappa shape index (κ3) is 4.22. The highest BCUT2D eigenvalue weighted by atomic mass is 19.1. The molecule has 0 amide bonds. The van der Waals surface area contributed by atoms with Crippen molar-refractivity contribution in [2.45, 2.75) is 20.0 Å². The molecule has 0 saturated carbocycles. The largest absolute Gasteiger partial charge is 0.460 e. The molecule has 0 aliphatic rings. The van der Waals surface area contributed by atoms with Crippen LogP contribution in [0.1, 0.15) is 13.8 Å². The van der Waals surface area contributed by atoms with Crippen LogP contribution in [0.25, 0.3) is 28.7 Å². The molecule has 0 atom stereocenters. The number of carbonyl (C=O) groups excluding carboxylic acids is 1. The molecule has 0 fully saturated rings. The number of ether oxygens (including phenoxy) is 1. The lowest BCUT2D eigenvalue weighted by atomic mass is 10.0. The number of nitrogens with zero attached hydrogens (tertiary/aromatic N) is 3. The van der Waals surface area contributed by atoms with Crippen LogP contribution in [-0.2, 0) is 9.53 Å². The van der Waals surface area contributed by atoms with E-state index < -0.39 is 5.97 Å². The molecular formula is C20H18FN3O2. The topological polar surface area (TPSA) is 57.0 Å². The minimum atomic E-state index is -0.463. The van der Waals surface area contributed by atoms with E-state index in [-0.39, 0.29) is 11.9 Å². The summed E-state index contributed by atoms with van der Waals surface area (Å²) in [5, 5.41) is 4.22. The minimum Gasteiger partial charge on any atom is -0.460 e. The van der Waals surface area contributed by atoms with Crippen molar-refractivity contribution in [2.24, 2.45) is 0 Å². The molecule has 6 heteroatoms. The summed E-state index contributed by atoms with van der Waals surface area (Å²) in [5.41, 5.74) is 1.88. The first kappa shape index (κ1) is 17.5. The molecule has 0 N–H and O–H groups in total. The van der Waals surface area contributed by atoms with Gasteiger partial charge in [0.2, 0.25) is 0 Å². The molecular weight excluding hydrogens is 333 g/mol. The number of hydrogen-bond donors (Lipinski definition) is 0. The Balaban J connectivity index is 1.78. The summed E-state index contributed by atoms with van der Waals surface area (Å²) in [6, 6.07) is 14.2. The van der Waals surface area contributed by atoms with Crippen molar-refractivity contribution in [1.29, 1.82) is 0 Å². The van der Waals surface area contributed by atoms with E-state index in [2.05, 4.69) is 10.1 Å². The highest BCUT2D eigenvalue weighted by Gasteiger charge is 2.10. The number of carbonyl (C=O) groups is 1. The molecule has 0 spiro atoms. The van der Waals surface area contributed by atoms with Crippen molar-refractivity contribution in [1.82, 2.24) is 14.8 Å². The number of hydrogen-bond acceptors (Lipinski definition) is 4. The molecule has 0 aliphatic carbocycles. The normalized spacial score (nSPS) is 11.2. The van der Waals surface area contributed by atoms with E-state index in [1.807, 2.05) is 30.3 Å². The fraction of sp³-hybridized carbons (Fsp3) is 0.150. The van der Waals surface area contributed by atoms with Crippen LogP contribution in [0, 0.1) is 5.82 Å². The van der Waals surface area contributed by atoms with Gasteiger partial charge in [-0.2, -0.15) is 0 Å². The van der Waals surface area contributed by atoms with Crippen molar-refractivity contribution in [3.63, 3.8) is 0 Å². The first-order valence-corrected chi connectivity index (χ1v) is 8.18. The van der Waals surface area contributed by atoms with Crippen molar-refractivity contribution < 1.29 is 13.9 Å². The van der Waals surface area contributed by atoms with E-state index in [9.17, 15) is 9.18 Å². The second kappa shape index (κ2) is 7.74. The Morgan fingerprint density at radius 2 is 1.92 bits per heavy atom. The number of rotatable bonds is 5. The van der Waals surface area contributed by atoms with Crippen LogP contribution < -0.4 is 0 Å². The smallest absolute Gasteiger partial charge is 0.332 e. The molecule has 3 aromatic rings. The molecule has 26 heavy (non-hydrogen) atoms. The SMILES string of the molecule is CC(C)OC(=O)/C=C/n1cnc(-c2ccc(-c3ccccc3)c(F)c2)n1. The summed E-state index contributed by atoms with van der Waals surface area (Å²) >= 11 is 0. The van der Waals surface area contributed by atoms with Crippen molar-refractivity contribution >= 4 is 12.2 Å². The van der Waals surface area contributed by atoms with Gasteiger partial charge in [0.05, 0.1) is 6.10 Å².